The van der Waals surface area contributed by atoms with Gasteiger partial charge in [-0.05, 0) is 30.2 Å². The van der Waals surface area contributed by atoms with Crippen LogP contribution >= 0.6 is 0 Å². The van der Waals surface area contributed by atoms with Gasteiger partial charge in [-0.2, -0.15) is 0 Å². The third kappa shape index (κ3) is 4.84. The molecule has 0 N–H and O–H groups in total. The van der Waals surface area contributed by atoms with Crippen LogP contribution in [-0.2, 0) is 22.7 Å². The van der Waals surface area contributed by atoms with Crippen LogP contribution in [0.3, 0.4) is 0 Å². The predicted molar refractivity (Wildman–Crippen MR) is 90.7 cm³/mol. The summed E-state index contributed by atoms with van der Waals surface area (Å²) >= 11 is 0. The SMILES string of the molecule is COc1ccc(CN(C(=O)OCc2ccccc2)[C@@H](C)C=O)cc1. The van der Waals surface area contributed by atoms with Crippen molar-refractivity contribution in [2.24, 2.45) is 0 Å². The molecule has 0 fully saturated rings. The van der Waals surface area contributed by atoms with E-state index in [-0.39, 0.29) is 13.2 Å². The van der Waals surface area contributed by atoms with Gasteiger partial charge in [-0.1, -0.05) is 42.5 Å². The van der Waals surface area contributed by atoms with E-state index in [9.17, 15) is 9.59 Å². The van der Waals surface area contributed by atoms with Crippen molar-refractivity contribution < 1.29 is 19.1 Å². The van der Waals surface area contributed by atoms with Gasteiger partial charge in [0.2, 0.25) is 0 Å². The first-order valence-corrected chi connectivity index (χ1v) is 7.69. The van der Waals surface area contributed by atoms with Crippen molar-refractivity contribution in [1.29, 1.82) is 0 Å². The van der Waals surface area contributed by atoms with Crippen molar-refractivity contribution in [3.05, 3.63) is 65.7 Å². The van der Waals surface area contributed by atoms with E-state index in [1.165, 1.54) is 4.90 Å². The number of carbonyl (C=O) groups excluding carboxylic acids is 2. The fraction of sp³-hybridized carbons (Fsp3) is 0.263. The second-order valence-corrected chi connectivity index (χ2v) is 5.39. The summed E-state index contributed by atoms with van der Waals surface area (Å²) in [6.45, 7) is 2.13. The third-order valence-corrected chi connectivity index (χ3v) is 3.64. The molecule has 0 saturated carbocycles. The Morgan fingerprint density at radius 3 is 2.33 bits per heavy atom. The van der Waals surface area contributed by atoms with Crippen LogP contribution in [0.5, 0.6) is 5.75 Å². The van der Waals surface area contributed by atoms with Gasteiger partial charge >= 0.3 is 6.09 Å². The molecular formula is C19H21NO4. The summed E-state index contributed by atoms with van der Waals surface area (Å²) in [6, 6.07) is 16.2. The molecule has 2 rings (SSSR count). The van der Waals surface area contributed by atoms with Crippen LogP contribution < -0.4 is 4.74 Å². The topological polar surface area (TPSA) is 55.8 Å². The van der Waals surface area contributed by atoms with Gasteiger partial charge in [0.15, 0.2) is 0 Å². The lowest BCUT2D eigenvalue weighted by Crippen LogP contribution is -2.39. The molecule has 0 saturated heterocycles. The Morgan fingerprint density at radius 1 is 1.08 bits per heavy atom. The van der Waals surface area contributed by atoms with E-state index >= 15 is 0 Å². The molecular weight excluding hydrogens is 306 g/mol. The number of methoxy groups -OCH3 is 1. The van der Waals surface area contributed by atoms with Gasteiger partial charge in [0, 0.05) is 6.54 Å². The summed E-state index contributed by atoms with van der Waals surface area (Å²) < 4.78 is 10.5. The average molecular weight is 327 g/mol. The molecule has 0 aliphatic carbocycles. The van der Waals surface area contributed by atoms with E-state index in [1.807, 2.05) is 54.6 Å². The van der Waals surface area contributed by atoms with Crippen LogP contribution in [0.15, 0.2) is 54.6 Å². The molecule has 0 spiro atoms. The molecule has 0 aliphatic heterocycles. The normalized spacial score (nSPS) is 11.4. The highest BCUT2D eigenvalue weighted by Crippen LogP contribution is 2.15. The van der Waals surface area contributed by atoms with E-state index in [0.717, 1.165) is 23.2 Å². The van der Waals surface area contributed by atoms with Crippen molar-refractivity contribution >= 4 is 12.4 Å². The Morgan fingerprint density at radius 2 is 1.75 bits per heavy atom. The first-order chi connectivity index (χ1) is 11.6. The Hall–Kier alpha value is -2.82. The molecule has 2 aromatic rings. The molecule has 5 heteroatoms. The number of nitrogens with zero attached hydrogens (tertiary/aromatic N) is 1. The maximum Gasteiger partial charge on any atom is 0.411 e. The molecule has 0 aromatic heterocycles. The smallest absolute Gasteiger partial charge is 0.411 e. The summed E-state index contributed by atoms with van der Waals surface area (Å²) in [5.41, 5.74) is 1.79. The number of amides is 1. The molecule has 2 aromatic carbocycles. The van der Waals surface area contributed by atoms with Gasteiger partial charge in [0.05, 0.1) is 13.2 Å². The number of ether oxygens (including phenoxy) is 2. The molecule has 5 nitrogen and oxygen atoms in total. The number of carbonyl (C=O) groups is 2. The van der Waals surface area contributed by atoms with Gasteiger partial charge in [0.25, 0.3) is 0 Å². The van der Waals surface area contributed by atoms with Gasteiger partial charge in [0.1, 0.15) is 18.6 Å². The summed E-state index contributed by atoms with van der Waals surface area (Å²) in [5.74, 6) is 0.736. The van der Waals surface area contributed by atoms with Crippen LogP contribution in [0.2, 0.25) is 0 Å². The molecule has 0 bridgehead atoms. The van der Waals surface area contributed by atoms with Crippen molar-refractivity contribution in [2.45, 2.75) is 26.1 Å². The van der Waals surface area contributed by atoms with Crippen LogP contribution in [0.4, 0.5) is 4.79 Å². The molecule has 126 valence electrons. The zero-order chi connectivity index (χ0) is 17.4. The number of aldehydes is 1. The van der Waals surface area contributed by atoms with Gasteiger partial charge in [-0.3, -0.25) is 4.90 Å². The quantitative estimate of drug-likeness (QED) is 0.731. The summed E-state index contributed by atoms with van der Waals surface area (Å²) in [6.07, 6.45) is 0.210. The lowest BCUT2D eigenvalue weighted by molar-refractivity contribution is -0.111. The van der Waals surface area contributed by atoms with E-state index in [1.54, 1.807) is 14.0 Å². The molecule has 0 unspecified atom stereocenters. The second kappa shape index (κ2) is 8.72. The van der Waals surface area contributed by atoms with Gasteiger partial charge in [-0.25, -0.2) is 4.79 Å². The van der Waals surface area contributed by atoms with Crippen LogP contribution in [-0.4, -0.2) is 30.4 Å². The molecule has 0 aliphatic rings. The van der Waals surface area contributed by atoms with Crippen LogP contribution in [0, 0.1) is 0 Å². The van der Waals surface area contributed by atoms with Crippen molar-refractivity contribution in [1.82, 2.24) is 4.90 Å². The van der Waals surface area contributed by atoms with E-state index in [4.69, 9.17) is 9.47 Å². The highest BCUT2D eigenvalue weighted by Gasteiger charge is 2.21. The maximum atomic E-state index is 12.4. The first-order valence-electron chi connectivity index (χ1n) is 7.69. The minimum Gasteiger partial charge on any atom is -0.497 e. The van der Waals surface area contributed by atoms with Gasteiger partial charge in [-0.15, -0.1) is 0 Å². The van der Waals surface area contributed by atoms with Crippen LogP contribution in [0.1, 0.15) is 18.1 Å². The van der Waals surface area contributed by atoms with Crippen molar-refractivity contribution in [3.8, 4) is 5.75 Å². The largest absolute Gasteiger partial charge is 0.497 e. The summed E-state index contributed by atoms with van der Waals surface area (Å²) in [7, 11) is 1.59. The highest BCUT2D eigenvalue weighted by atomic mass is 16.6. The Balaban J connectivity index is 2.03. The maximum absolute atomic E-state index is 12.4. The summed E-state index contributed by atoms with van der Waals surface area (Å²) in [4.78, 5) is 24.9. The fourth-order valence-electron chi connectivity index (χ4n) is 2.18. The second-order valence-electron chi connectivity index (χ2n) is 5.39. The monoisotopic (exact) mass is 327 g/mol. The molecule has 24 heavy (non-hydrogen) atoms. The minimum absolute atomic E-state index is 0.171. The third-order valence-electron chi connectivity index (χ3n) is 3.64. The molecule has 1 atom stereocenters. The predicted octanol–water partition coefficient (Wildman–Crippen LogP) is 3.42. The highest BCUT2D eigenvalue weighted by molar-refractivity contribution is 5.73. The summed E-state index contributed by atoms with van der Waals surface area (Å²) in [5, 5.41) is 0. The van der Waals surface area contributed by atoms with Crippen LogP contribution in [0.25, 0.3) is 0 Å². The molecule has 0 radical (unpaired) electrons. The lowest BCUT2D eigenvalue weighted by Gasteiger charge is -2.25. The van der Waals surface area contributed by atoms with E-state index < -0.39 is 12.1 Å². The average Bonchev–Trinajstić information content (AvgIpc) is 2.65. The molecule has 1 amide bonds. The number of rotatable bonds is 7. The molecule has 0 heterocycles. The fourth-order valence-corrected chi connectivity index (χ4v) is 2.18. The van der Waals surface area contributed by atoms with E-state index in [0.29, 0.717) is 0 Å². The Bertz CT molecular complexity index is 655. The van der Waals surface area contributed by atoms with Crippen molar-refractivity contribution in [2.75, 3.05) is 7.11 Å². The Kier molecular flexibility index (Phi) is 6.37. The zero-order valence-corrected chi connectivity index (χ0v) is 13.8. The number of hydrogen-bond donors (Lipinski definition) is 0. The lowest BCUT2D eigenvalue weighted by atomic mass is 10.2. The first kappa shape index (κ1) is 17.5. The number of benzene rings is 2. The van der Waals surface area contributed by atoms with E-state index in [2.05, 4.69) is 0 Å². The zero-order valence-electron chi connectivity index (χ0n) is 13.8. The van der Waals surface area contributed by atoms with Gasteiger partial charge < -0.3 is 14.3 Å². The Labute approximate surface area is 141 Å². The van der Waals surface area contributed by atoms with Crippen molar-refractivity contribution in [3.63, 3.8) is 0 Å². The standard InChI is InChI=1S/C19H21NO4/c1-15(13-21)20(12-16-8-10-18(23-2)11-9-16)19(22)24-14-17-6-4-3-5-7-17/h3-11,13,15H,12,14H2,1-2H3/t15-/m0/s1. The minimum atomic E-state index is -0.574. The number of hydrogen-bond acceptors (Lipinski definition) is 4.